The summed E-state index contributed by atoms with van der Waals surface area (Å²) in [6.07, 6.45) is 2.73. The molecule has 4 rings (SSSR count). The lowest BCUT2D eigenvalue weighted by Gasteiger charge is -2.38. The minimum absolute atomic E-state index is 0.0113. The molecule has 1 saturated heterocycles. The average molecular weight is 455 g/mol. The van der Waals surface area contributed by atoms with Gasteiger partial charge in [-0.3, -0.25) is 4.79 Å². The van der Waals surface area contributed by atoms with Crippen LogP contribution in [0.15, 0.2) is 22.7 Å². The molecule has 1 aromatic heterocycles. The smallest absolute Gasteiger partial charge is 0.410 e. The van der Waals surface area contributed by atoms with E-state index in [-0.39, 0.29) is 41.4 Å². The van der Waals surface area contributed by atoms with Gasteiger partial charge in [-0.1, -0.05) is 5.16 Å². The lowest BCUT2D eigenvalue weighted by atomic mass is 10.0. The van der Waals surface area contributed by atoms with Crippen molar-refractivity contribution in [3.8, 4) is 17.5 Å². The Morgan fingerprint density at radius 3 is 2.45 bits per heavy atom. The molecule has 0 unspecified atom stereocenters. The van der Waals surface area contributed by atoms with Gasteiger partial charge in [-0.2, -0.15) is 10.2 Å². The van der Waals surface area contributed by atoms with Crippen LogP contribution < -0.4 is 0 Å². The maximum atomic E-state index is 13.9. The summed E-state index contributed by atoms with van der Waals surface area (Å²) in [4.78, 5) is 33.3. The van der Waals surface area contributed by atoms with Crippen molar-refractivity contribution < 1.29 is 23.2 Å². The Bertz CT molecular complexity index is 1090. The number of nitrogens with zero attached hydrogens (tertiary/aromatic N) is 5. The number of aromatic nitrogens is 2. The monoisotopic (exact) mass is 455 g/mol. The molecule has 9 nitrogen and oxygen atoms in total. The highest BCUT2D eigenvalue weighted by molar-refractivity contribution is 5.91. The van der Waals surface area contributed by atoms with Gasteiger partial charge in [-0.25, -0.2) is 9.18 Å². The van der Waals surface area contributed by atoms with Crippen LogP contribution in [0.3, 0.4) is 0 Å². The first-order valence-corrected chi connectivity index (χ1v) is 11.0. The van der Waals surface area contributed by atoms with Crippen LogP contribution in [-0.4, -0.2) is 62.7 Å². The molecular formula is C23H26FN5O4. The molecule has 1 aliphatic carbocycles. The van der Waals surface area contributed by atoms with Crippen molar-refractivity contribution >= 4 is 12.0 Å². The van der Waals surface area contributed by atoms with E-state index < -0.39 is 11.4 Å². The SMILES string of the molecule is CC(C)(C)OC(=O)N1CCC(N(C(=O)c2noc(-c3ccc(C#N)c(F)c3)n2)C2CC2)CC1. The zero-order valence-corrected chi connectivity index (χ0v) is 18.9. The highest BCUT2D eigenvalue weighted by Gasteiger charge is 2.41. The molecule has 2 aromatic rings. The first-order chi connectivity index (χ1) is 15.7. The Hall–Kier alpha value is -3.48. The van der Waals surface area contributed by atoms with Crippen molar-refractivity contribution in [3.63, 3.8) is 0 Å². The van der Waals surface area contributed by atoms with Crippen molar-refractivity contribution in [2.75, 3.05) is 13.1 Å². The summed E-state index contributed by atoms with van der Waals surface area (Å²) in [5.74, 6) is -1.11. The number of carbonyl (C=O) groups is 2. The van der Waals surface area contributed by atoms with E-state index in [0.717, 1.165) is 18.9 Å². The topological polar surface area (TPSA) is 113 Å². The molecule has 1 saturated carbocycles. The van der Waals surface area contributed by atoms with Crippen molar-refractivity contribution in [1.82, 2.24) is 19.9 Å². The Kier molecular flexibility index (Phi) is 6.06. The molecule has 33 heavy (non-hydrogen) atoms. The largest absolute Gasteiger partial charge is 0.444 e. The molecule has 1 aromatic carbocycles. The van der Waals surface area contributed by atoms with E-state index in [1.807, 2.05) is 20.8 Å². The highest BCUT2D eigenvalue weighted by Crippen LogP contribution is 2.33. The predicted octanol–water partition coefficient (Wildman–Crippen LogP) is 3.75. The van der Waals surface area contributed by atoms with Gasteiger partial charge in [-0.05, 0) is 64.7 Å². The summed E-state index contributed by atoms with van der Waals surface area (Å²) in [6, 6.07) is 5.78. The van der Waals surface area contributed by atoms with Gasteiger partial charge in [0.1, 0.15) is 17.5 Å². The molecular weight excluding hydrogens is 429 g/mol. The van der Waals surface area contributed by atoms with Crippen LogP contribution in [0.5, 0.6) is 0 Å². The van der Waals surface area contributed by atoms with E-state index in [2.05, 4.69) is 10.1 Å². The van der Waals surface area contributed by atoms with Crippen LogP contribution in [0.4, 0.5) is 9.18 Å². The van der Waals surface area contributed by atoms with E-state index in [1.165, 1.54) is 12.1 Å². The molecule has 0 N–H and O–H groups in total. The number of likely N-dealkylation sites (tertiary alicyclic amines) is 1. The van der Waals surface area contributed by atoms with Gasteiger partial charge < -0.3 is 19.1 Å². The van der Waals surface area contributed by atoms with Gasteiger partial charge in [0.2, 0.25) is 0 Å². The zero-order valence-electron chi connectivity index (χ0n) is 18.9. The Morgan fingerprint density at radius 2 is 1.88 bits per heavy atom. The molecule has 2 fully saturated rings. The second kappa shape index (κ2) is 8.81. The third-order valence-corrected chi connectivity index (χ3v) is 5.64. The summed E-state index contributed by atoms with van der Waals surface area (Å²) in [6.45, 7) is 6.49. The van der Waals surface area contributed by atoms with Gasteiger partial charge in [-0.15, -0.1) is 0 Å². The van der Waals surface area contributed by atoms with Gasteiger partial charge >= 0.3 is 6.09 Å². The number of piperidine rings is 1. The number of amides is 2. The van der Waals surface area contributed by atoms with Crippen LogP contribution in [0.1, 0.15) is 62.6 Å². The number of rotatable bonds is 4. The van der Waals surface area contributed by atoms with Crippen LogP contribution >= 0.6 is 0 Å². The number of carbonyl (C=O) groups excluding carboxylic acids is 2. The molecule has 0 atom stereocenters. The van der Waals surface area contributed by atoms with Crippen LogP contribution in [-0.2, 0) is 4.74 Å². The van der Waals surface area contributed by atoms with Crippen molar-refractivity contribution in [3.05, 3.63) is 35.4 Å². The maximum absolute atomic E-state index is 13.9. The zero-order chi connectivity index (χ0) is 23.8. The molecule has 1 aliphatic heterocycles. The lowest BCUT2D eigenvalue weighted by molar-refractivity contribution is 0.0140. The average Bonchev–Trinajstić information content (AvgIpc) is 3.47. The fourth-order valence-corrected chi connectivity index (χ4v) is 3.92. The normalized spacial score (nSPS) is 16.9. The number of hydrogen-bond donors (Lipinski definition) is 0. The minimum Gasteiger partial charge on any atom is -0.444 e. The first kappa shape index (κ1) is 22.7. The van der Waals surface area contributed by atoms with Gasteiger partial charge in [0, 0.05) is 30.7 Å². The number of ether oxygens (including phenoxy) is 1. The first-order valence-electron chi connectivity index (χ1n) is 11.0. The van der Waals surface area contributed by atoms with Crippen molar-refractivity contribution in [1.29, 1.82) is 5.26 Å². The van der Waals surface area contributed by atoms with Gasteiger partial charge in [0.05, 0.1) is 5.56 Å². The number of nitriles is 1. The molecule has 2 aliphatic rings. The molecule has 0 spiro atoms. The standard InChI is InChI=1S/C23H26FN5O4/c1-23(2,3)32-22(31)28-10-8-17(9-11-28)29(16-6-7-16)21(30)19-26-20(33-27-19)14-4-5-15(13-25)18(24)12-14/h4-5,12,16-17H,6-11H2,1-3H3. The van der Waals surface area contributed by atoms with Crippen LogP contribution in [0.2, 0.25) is 0 Å². The van der Waals surface area contributed by atoms with Gasteiger partial charge in [0.15, 0.2) is 0 Å². The third-order valence-electron chi connectivity index (χ3n) is 5.64. The molecule has 0 bridgehead atoms. The minimum atomic E-state index is -0.697. The fraction of sp³-hybridized carbons (Fsp3) is 0.522. The quantitative estimate of drug-likeness (QED) is 0.690. The Balaban J connectivity index is 1.45. The van der Waals surface area contributed by atoms with E-state index in [4.69, 9.17) is 14.5 Å². The predicted molar refractivity (Wildman–Crippen MR) is 114 cm³/mol. The number of hydrogen-bond acceptors (Lipinski definition) is 7. The third kappa shape index (κ3) is 5.13. The second-order valence-electron chi connectivity index (χ2n) is 9.37. The lowest BCUT2D eigenvalue weighted by Crippen LogP contribution is -2.50. The molecule has 174 valence electrons. The van der Waals surface area contributed by atoms with Crippen molar-refractivity contribution in [2.45, 2.75) is 64.1 Å². The Labute approximate surface area is 191 Å². The van der Waals surface area contributed by atoms with Gasteiger partial charge in [0.25, 0.3) is 17.6 Å². The molecule has 2 amide bonds. The van der Waals surface area contributed by atoms with E-state index in [9.17, 15) is 14.0 Å². The summed E-state index contributed by atoms with van der Waals surface area (Å²) < 4.78 is 24.6. The fourth-order valence-electron chi connectivity index (χ4n) is 3.92. The van der Waals surface area contributed by atoms with E-state index >= 15 is 0 Å². The second-order valence-corrected chi connectivity index (χ2v) is 9.37. The summed E-state index contributed by atoms with van der Waals surface area (Å²) in [5, 5.41) is 12.7. The maximum Gasteiger partial charge on any atom is 0.410 e. The van der Waals surface area contributed by atoms with Crippen LogP contribution in [0.25, 0.3) is 11.5 Å². The summed E-state index contributed by atoms with van der Waals surface area (Å²) in [7, 11) is 0. The highest BCUT2D eigenvalue weighted by atomic mass is 19.1. The number of halogens is 1. The van der Waals surface area contributed by atoms with E-state index in [0.29, 0.717) is 31.5 Å². The van der Waals surface area contributed by atoms with Crippen LogP contribution in [0, 0.1) is 17.1 Å². The van der Waals surface area contributed by atoms with E-state index in [1.54, 1.807) is 15.9 Å². The molecule has 0 radical (unpaired) electrons. The summed E-state index contributed by atoms with van der Waals surface area (Å²) in [5.41, 5.74) is -0.355. The Morgan fingerprint density at radius 1 is 1.21 bits per heavy atom. The molecule has 10 heteroatoms. The number of benzene rings is 1. The van der Waals surface area contributed by atoms with Crippen molar-refractivity contribution in [2.24, 2.45) is 0 Å². The summed E-state index contributed by atoms with van der Waals surface area (Å²) >= 11 is 0. The molecule has 2 heterocycles.